The van der Waals surface area contributed by atoms with Crippen molar-refractivity contribution >= 4 is 34.9 Å². The van der Waals surface area contributed by atoms with Crippen LogP contribution >= 0.6 is 11.5 Å². The van der Waals surface area contributed by atoms with Crippen LogP contribution in [-0.2, 0) is 11.3 Å². The monoisotopic (exact) mass is 513 g/mol. The molecule has 0 fully saturated rings. The van der Waals surface area contributed by atoms with Crippen molar-refractivity contribution < 1.29 is 23.5 Å². The number of hydrogen-bond acceptors (Lipinski definition) is 8. The third-order valence-corrected chi connectivity index (χ3v) is 6.74. The molecule has 1 aromatic carbocycles. The summed E-state index contributed by atoms with van der Waals surface area (Å²) in [6.45, 7) is 7.47. The van der Waals surface area contributed by atoms with Crippen molar-refractivity contribution in [3.63, 3.8) is 0 Å². The van der Waals surface area contributed by atoms with Crippen molar-refractivity contribution in [2.24, 2.45) is 5.73 Å². The third kappa shape index (κ3) is 5.68. The molecule has 0 aliphatic rings. The van der Waals surface area contributed by atoms with E-state index in [-0.39, 0.29) is 28.6 Å². The molecule has 0 saturated heterocycles. The molecule has 2 heterocycles. The summed E-state index contributed by atoms with van der Waals surface area (Å²) >= 11 is 0.748. The number of primary amides is 1. The van der Waals surface area contributed by atoms with E-state index in [2.05, 4.69) is 9.69 Å². The zero-order valence-corrected chi connectivity index (χ0v) is 21.8. The summed E-state index contributed by atoms with van der Waals surface area (Å²) < 4.78 is 15.3. The Bertz CT molecular complexity index is 1270. The number of benzene rings is 1. The van der Waals surface area contributed by atoms with Gasteiger partial charge in [0.25, 0.3) is 17.7 Å². The van der Waals surface area contributed by atoms with Gasteiger partial charge in [-0.15, -0.1) is 0 Å². The highest BCUT2D eigenvalue weighted by Crippen LogP contribution is 2.33. The molecule has 5 N–H and O–H groups in total. The second-order valence-electron chi connectivity index (χ2n) is 8.96. The van der Waals surface area contributed by atoms with E-state index in [0.717, 1.165) is 11.5 Å². The van der Waals surface area contributed by atoms with Gasteiger partial charge in [-0.05, 0) is 56.9 Å². The summed E-state index contributed by atoms with van der Waals surface area (Å²) in [6.07, 6.45) is 0.660. The highest BCUT2D eigenvalue weighted by molar-refractivity contribution is 7.09. The molecule has 36 heavy (non-hydrogen) atoms. The maximum Gasteiger partial charge on any atom is 0.270 e. The lowest BCUT2D eigenvalue weighted by Crippen LogP contribution is -2.50. The Balaban J connectivity index is 2.17. The van der Waals surface area contributed by atoms with Gasteiger partial charge in [0, 0.05) is 11.1 Å². The first-order valence-corrected chi connectivity index (χ1v) is 12.1. The summed E-state index contributed by atoms with van der Waals surface area (Å²) in [5.74, 6) is -0.493. The smallest absolute Gasteiger partial charge is 0.270 e. The number of ether oxygens (including phenoxy) is 1. The van der Waals surface area contributed by atoms with Crippen LogP contribution in [0.1, 0.15) is 70.5 Å². The van der Waals surface area contributed by atoms with Gasteiger partial charge in [-0.3, -0.25) is 14.4 Å². The van der Waals surface area contributed by atoms with E-state index < -0.39 is 29.3 Å². The molecule has 0 radical (unpaired) electrons. The van der Waals surface area contributed by atoms with E-state index in [1.807, 2.05) is 20.8 Å². The molecule has 0 aliphatic heterocycles. The lowest BCUT2D eigenvalue weighted by molar-refractivity contribution is -0.128. The number of rotatable bonds is 10. The Hall–Kier alpha value is -3.86. The molecule has 11 heteroatoms. The number of aromatic nitrogens is 1. The average Bonchev–Trinajstić information content (AvgIpc) is 3.43. The van der Waals surface area contributed by atoms with E-state index in [4.69, 9.17) is 20.6 Å². The van der Waals surface area contributed by atoms with E-state index in [9.17, 15) is 14.4 Å². The SMILES string of the molecule is CCC(C)(C)NC(=O)C(c1ccc(C)o1)N(Cc1ccccc1OC)C(=O)c1snc(C(N)=O)c1N. The van der Waals surface area contributed by atoms with Crippen LogP contribution < -0.4 is 21.5 Å². The number of furan rings is 1. The standard InChI is InChI=1S/C25H31N5O5S/c1-6-25(3,4)28-23(32)20(17-12-11-14(2)35-17)30(13-15-9-7-8-10-16(15)34-5)24(33)21-18(26)19(22(27)31)29-36-21/h7-12,20H,6,13,26H2,1-5H3,(H2,27,31)(H,28,32). The molecule has 1 atom stereocenters. The fourth-order valence-corrected chi connectivity index (χ4v) is 4.33. The van der Waals surface area contributed by atoms with Gasteiger partial charge in [0.1, 0.15) is 22.1 Å². The molecule has 3 aromatic rings. The van der Waals surface area contributed by atoms with Gasteiger partial charge in [-0.2, -0.15) is 4.37 Å². The third-order valence-electron chi connectivity index (χ3n) is 5.89. The van der Waals surface area contributed by atoms with Crippen molar-refractivity contribution in [3.8, 4) is 5.75 Å². The predicted octanol–water partition coefficient (Wildman–Crippen LogP) is 3.42. The maximum atomic E-state index is 14.0. The van der Waals surface area contributed by atoms with Crippen molar-refractivity contribution in [3.05, 3.63) is 64.1 Å². The number of nitrogen functional groups attached to an aromatic ring is 1. The summed E-state index contributed by atoms with van der Waals surface area (Å²) in [4.78, 5) is 40.8. The molecule has 0 spiro atoms. The number of carbonyl (C=O) groups is 3. The fraction of sp³-hybridized carbons (Fsp3) is 0.360. The first kappa shape index (κ1) is 26.7. The topological polar surface area (TPSA) is 154 Å². The van der Waals surface area contributed by atoms with E-state index in [0.29, 0.717) is 23.5 Å². The maximum absolute atomic E-state index is 14.0. The predicted molar refractivity (Wildman–Crippen MR) is 137 cm³/mol. The van der Waals surface area contributed by atoms with Crippen LogP contribution in [0, 0.1) is 6.92 Å². The van der Waals surface area contributed by atoms with Gasteiger partial charge < -0.3 is 30.8 Å². The zero-order valence-electron chi connectivity index (χ0n) is 21.0. The van der Waals surface area contributed by atoms with Gasteiger partial charge in [0.05, 0.1) is 19.3 Å². The summed E-state index contributed by atoms with van der Waals surface area (Å²) in [5.41, 5.74) is 11.2. The van der Waals surface area contributed by atoms with Crippen LogP contribution in [0.3, 0.4) is 0 Å². The molecule has 0 aliphatic carbocycles. The van der Waals surface area contributed by atoms with Crippen molar-refractivity contribution in [2.45, 2.75) is 52.2 Å². The van der Waals surface area contributed by atoms with Gasteiger partial charge in [0.15, 0.2) is 11.7 Å². The van der Waals surface area contributed by atoms with Gasteiger partial charge >= 0.3 is 0 Å². The van der Waals surface area contributed by atoms with E-state index >= 15 is 0 Å². The van der Waals surface area contributed by atoms with E-state index in [1.165, 1.54) is 12.0 Å². The van der Waals surface area contributed by atoms with Crippen LogP contribution in [0.5, 0.6) is 5.75 Å². The Labute approximate surface area is 213 Å². The Kier molecular flexibility index (Phi) is 8.03. The van der Waals surface area contributed by atoms with Crippen LogP contribution in [-0.4, -0.2) is 39.6 Å². The summed E-state index contributed by atoms with van der Waals surface area (Å²) in [5, 5.41) is 3.01. The van der Waals surface area contributed by atoms with Crippen LogP contribution in [0.25, 0.3) is 0 Å². The highest BCUT2D eigenvalue weighted by Gasteiger charge is 2.38. The summed E-state index contributed by atoms with van der Waals surface area (Å²) in [7, 11) is 1.52. The Morgan fingerprint density at radius 2 is 1.92 bits per heavy atom. The normalized spacial score (nSPS) is 12.1. The number of nitrogens with zero attached hydrogens (tertiary/aromatic N) is 2. The lowest BCUT2D eigenvalue weighted by Gasteiger charge is -2.33. The molecular weight excluding hydrogens is 482 g/mol. The number of aryl methyl sites for hydroxylation is 1. The quantitative estimate of drug-likeness (QED) is 0.375. The Morgan fingerprint density at radius 3 is 2.47 bits per heavy atom. The lowest BCUT2D eigenvalue weighted by atomic mass is 10.0. The number of methoxy groups -OCH3 is 1. The second-order valence-corrected chi connectivity index (χ2v) is 9.73. The average molecular weight is 514 g/mol. The zero-order chi connectivity index (χ0) is 26.6. The minimum atomic E-state index is -1.15. The molecular formula is C25H31N5O5S. The number of nitrogens with one attached hydrogen (secondary N) is 1. The second kappa shape index (κ2) is 10.8. The number of anilines is 1. The molecule has 0 bridgehead atoms. The molecule has 10 nitrogen and oxygen atoms in total. The van der Waals surface area contributed by atoms with Crippen molar-refractivity contribution in [1.82, 2.24) is 14.6 Å². The van der Waals surface area contributed by atoms with Crippen molar-refractivity contribution in [1.29, 1.82) is 0 Å². The number of nitrogens with two attached hydrogens (primary N) is 2. The van der Waals surface area contributed by atoms with Gasteiger partial charge in [-0.25, -0.2) is 0 Å². The highest BCUT2D eigenvalue weighted by atomic mass is 32.1. The van der Waals surface area contributed by atoms with E-state index in [1.54, 1.807) is 43.3 Å². The molecule has 3 rings (SSSR count). The number of amides is 3. The fourth-order valence-electron chi connectivity index (χ4n) is 3.57. The van der Waals surface area contributed by atoms with Gasteiger partial charge in [-0.1, -0.05) is 25.1 Å². The Morgan fingerprint density at radius 1 is 1.22 bits per heavy atom. The molecule has 3 amide bonds. The van der Waals surface area contributed by atoms with Crippen LogP contribution in [0.2, 0.25) is 0 Å². The van der Waals surface area contributed by atoms with Gasteiger partial charge in [0.2, 0.25) is 0 Å². The first-order valence-electron chi connectivity index (χ1n) is 11.3. The molecule has 1 unspecified atom stereocenters. The molecule has 192 valence electrons. The number of para-hydroxylation sites is 1. The number of carbonyl (C=O) groups excluding carboxylic acids is 3. The molecule has 2 aromatic heterocycles. The number of hydrogen-bond donors (Lipinski definition) is 3. The van der Waals surface area contributed by atoms with Crippen LogP contribution in [0.4, 0.5) is 5.69 Å². The largest absolute Gasteiger partial charge is 0.496 e. The molecule has 0 saturated carbocycles. The minimum Gasteiger partial charge on any atom is -0.496 e. The van der Waals surface area contributed by atoms with Crippen LogP contribution in [0.15, 0.2) is 40.8 Å². The minimum absolute atomic E-state index is 0.00507. The van der Waals surface area contributed by atoms with Crippen molar-refractivity contribution in [2.75, 3.05) is 12.8 Å². The first-order chi connectivity index (χ1) is 17.0. The summed E-state index contributed by atoms with van der Waals surface area (Å²) in [6, 6.07) is 9.39.